The van der Waals surface area contributed by atoms with Crippen LogP contribution >= 0.6 is 11.6 Å². The molecule has 0 saturated carbocycles. The summed E-state index contributed by atoms with van der Waals surface area (Å²) in [7, 11) is 0. The standard InChI is InChI=1S/C15H18ClNO2/c1-2-7-19-15-6-5-13(16)9-12(15)10-17-11-14-4-3-8-18-14/h1,5-6,9,14,17H,3-4,7-8,10-11H2/t14-/m0/s1. The lowest BCUT2D eigenvalue weighted by atomic mass is 10.2. The maximum atomic E-state index is 6.01. The first-order chi connectivity index (χ1) is 9.29. The molecule has 0 aliphatic carbocycles. The van der Waals surface area contributed by atoms with Gasteiger partial charge in [-0.1, -0.05) is 17.5 Å². The number of halogens is 1. The second-order valence-corrected chi connectivity index (χ2v) is 4.95. The zero-order chi connectivity index (χ0) is 13.5. The third-order valence-electron chi connectivity index (χ3n) is 3.04. The fourth-order valence-corrected chi connectivity index (χ4v) is 2.31. The van der Waals surface area contributed by atoms with Gasteiger partial charge < -0.3 is 14.8 Å². The third kappa shape index (κ3) is 4.43. The number of terminal acetylenes is 1. The molecule has 1 atom stereocenters. The van der Waals surface area contributed by atoms with Crippen molar-refractivity contribution in [2.75, 3.05) is 19.8 Å². The van der Waals surface area contributed by atoms with Gasteiger partial charge in [-0.25, -0.2) is 0 Å². The van der Waals surface area contributed by atoms with Crippen LogP contribution < -0.4 is 10.1 Å². The molecule has 1 saturated heterocycles. The van der Waals surface area contributed by atoms with Crippen molar-refractivity contribution in [2.24, 2.45) is 0 Å². The minimum Gasteiger partial charge on any atom is -0.481 e. The molecular formula is C15H18ClNO2. The second kappa shape index (κ2) is 7.40. The van der Waals surface area contributed by atoms with Gasteiger partial charge in [-0.3, -0.25) is 0 Å². The van der Waals surface area contributed by atoms with Crippen LogP contribution in [0.25, 0.3) is 0 Å². The number of ether oxygens (including phenoxy) is 2. The van der Waals surface area contributed by atoms with E-state index in [9.17, 15) is 0 Å². The topological polar surface area (TPSA) is 30.5 Å². The average Bonchev–Trinajstić information content (AvgIpc) is 2.91. The second-order valence-electron chi connectivity index (χ2n) is 4.51. The highest BCUT2D eigenvalue weighted by atomic mass is 35.5. The van der Waals surface area contributed by atoms with E-state index in [0.29, 0.717) is 17.7 Å². The van der Waals surface area contributed by atoms with Crippen molar-refractivity contribution < 1.29 is 9.47 Å². The molecule has 1 N–H and O–H groups in total. The summed E-state index contributed by atoms with van der Waals surface area (Å²) in [5.41, 5.74) is 1.01. The fourth-order valence-electron chi connectivity index (χ4n) is 2.12. The van der Waals surface area contributed by atoms with Gasteiger partial charge in [0.25, 0.3) is 0 Å². The number of hydrogen-bond acceptors (Lipinski definition) is 3. The van der Waals surface area contributed by atoms with E-state index < -0.39 is 0 Å². The third-order valence-corrected chi connectivity index (χ3v) is 3.28. The molecule has 1 aromatic rings. The molecule has 0 bridgehead atoms. The molecule has 2 rings (SSSR count). The monoisotopic (exact) mass is 279 g/mol. The minimum absolute atomic E-state index is 0.264. The molecule has 3 nitrogen and oxygen atoms in total. The lowest BCUT2D eigenvalue weighted by molar-refractivity contribution is 0.110. The van der Waals surface area contributed by atoms with E-state index in [1.54, 1.807) is 6.07 Å². The Kier molecular flexibility index (Phi) is 5.53. The fraction of sp³-hybridized carbons (Fsp3) is 0.467. The molecule has 1 heterocycles. The van der Waals surface area contributed by atoms with Crippen LogP contribution in [0.15, 0.2) is 18.2 Å². The van der Waals surface area contributed by atoms with Crippen molar-refractivity contribution in [1.29, 1.82) is 0 Å². The van der Waals surface area contributed by atoms with Crippen molar-refractivity contribution in [3.8, 4) is 18.1 Å². The predicted molar refractivity (Wildman–Crippen MR) is 76.5 cm³/mol. The molecular weight excluding hydrogens is 262 g/mol. The van der Waals surface area contributed by atoms with Crippen molar-refractivity contribution in [3.63, 3.8) is 0 Å². The Morgan fingerprint density at radius 2 is 2.42 bits per heavy atom. The normalized spacial score (nSPS) is 18.2. The van der Waals surface area contributed by atoms with Gasteiger partial charge >= 0.3 is 0 Å². The van der Waals surface area contributed by atoms with Gasteiger partial charge in [0.15, 0.2) is 0 Å². The first-order valence-electron chi connectivity index (χ1n) is 6.46. The van der Waals surface area contributed by atoms with Gasteiger partial charge in [0.05, 0.1) is 6.10 Å². The van der Waals surface area contributed by atoms with Crippen molar-refractivity contribution >= 4 is 11.6 Å². The summed E-state index contributed by atoms with van der Waals surface area (Å²) in [5.74, 6) is 3.24. The number of nitrogens with one attached hydrogen (secondary N) is 1. The van der Waals surface area contributed by atoms with Gasteiger partial charge in [-0.2, -0.15) is 0 Å². The van der Waals surface area contributed by atoms with Crippen LogP contribution in [0.3, 0.4) is 0 Å². The van der Waals surface area contributed by atoms with Crippen LogP contribution in [-0.4, -0.2) is 25.9 Å². The molecule has 1 aliphatic heterocycles. The predicted octanol–water partition coefficient (Wildman–Crippen LogP) is 2.62. The first-order valence-corrected chi connectivity index (χ1v) is 6.84. The van der Waals surface area contributed by atoms with Crippen molar-refractivity contribution in [2.45, 2.75) is 25.5 Å². The van der Waals surface area contributed by atoms with E-state index in [2.05, 4.69) is 11.2 Å². The van der Waals surface area contributed by atoms with Crippen LogP contribution in [0.2, 0.25) is 5.02 Å². The van der Waals surface area contributed by atoms with Gasteiger partial charge in [0.1, 0.15) is 12.4 Å². The van der Waals surface area contributed by atoms with E-state index in [-0.39, 0.29) is 6.61 Å². The summed E-state index contributed by atoms with van der Waals surface area (Å²) in [4.78, 5) is 0. The Morgan fingerprint density at radius 1 is 1.53 bits per heavy atom. The lowest BCUT2D eigenvalue weighted by Gasteiger charge is -2.13. The number of benzene rings is 1. The van der Waals surface area contributed by atoms with E-state index >= 15 is 0 Å². The summed E-state index contributed by atoms with van der Waals surface area (Å²) < 4.78 is 11.1. The Hall–Kier alpha value is -1.21. The van der Waals surface area contributed by atoms with E-state index in [1.807, 2.05) is 12.1 Å². The van der Waals surface area contributed by atoms with E-state index in [4.69, 9.17) is 27.5 Å². The number of rotatable bonds is 6. The molecule has 0 aromatic heterocycles. The van der Waals surface area contributed by atoms with Crippen LogP contribution in [0.1, 0.15) is 18.4 Å². The molecule has 102 valence electrons. The molecule has 0 radical (unpaired) electrons. The summed E-state index contributed by atoms with van der Waals surface area (Å²) in [6.07, 6.45) is 7.81. The Morgan fingerprint density at radius 3 is 3.16 bits per heavy atom. The molecule has 1 aromatic carbocycles. The van der Waals surface area contributed by atoms with Crippen LogP contribution in [0.4, 0.5) is 0 Å². The van der Waals surface area contributed by atoms with Gasteiger partial charge in [-0.05, 0) is 31.0 Å². The lowest BCUT2D eigenvalue weighted by Crippen LogP contribution is -2.26. The van der Waals surface area contributed by atoms with E-state index in [0.717, 1.165) is 37.3 Å². The average molecular weight is 280 g/mol. The highest BCUT2D eigenvalue weighted by Gasteiger charge is 2.15. The Balaban J connectivity index is 1.89. The van der Waals surface area contributed by atoms with Gasteiger partial charge in [0, 0.05) is 30.3 Å². The van der Waals surface area contributed by atoms with E-state index in [1.165, 1.54) is 0 Å². The van der Waals surface area contributed by atoms with Crippen molar-refractivity contribution in [3.05, 3.63) is 28.8 Å². The van der Waals surface area contributed by atoms with Crippen LogP contribution in [0.5, 0.6) is 5.75 Å². The minimum atomic E-state index is 0.264. The summed E-state index contributed by atoms with van der Waals surface area (Å²) >= 11 is 6.01. The maximum absolute atomic E-state index is 6.01. The summed E-state index contributed by atoms with van der Waals surface area (Å²) in [6.45, 7) is 2.68. The zero-order valence-corrected chi connectivity index (χ0v) is 11.6. The molecule has 4 heteroatoms. The first kappa shape index (κ1) is 14.2. The molecule has 19 heavy (non-hydrogen) atoms. The highest BCUT2D eigenvalue weighted by Crippen LogP contribution is 2.23. The number of hydrogen-bond donors (Lipinski definition) is 1. The summed E-state index contributed by atoms with van der Waals surface area (Å²) in [6, 6.07) is 5.55. The smallest absolute Gasteiger partial charge is 0.148 e. The Bertz CT molecular complexity index is 450. The van der Waals surface area contributed by atoms with Crippen LogP contribution in [-0.2, 0) is 11.3 Å². The molecule has 0 spiro atoms. The van der Waals surface area contributed by atoms with Gasteiger partial charge in [0.2, 0.25) is 0 Å². The SMILES string of the molecule is C#CCOc1ccc(Cl)cc1CNC[C@@H]1CCCO1. The van der Waals surface area contributed by atoms with Gasteiger partial charge in [-0.15, -0.1) is 6.42 Å². The quantitative estimate of drug-likeness (QED) is 0.812. The summed E-state index contributed by atoms with van der Waals surface area (Å²) in [5, 5.41) is 4.07. The largest absolute Gasteiger partial charge is 0.481 e. The highest BCUT2D eigenvalue weighted by molar-refractivity contribution is 6.30. The zero-order valence-electron chi connectivity index (χ0n) is 10.8. The molecule has 0 unspecified atom stereocenters. The Labute approximate surface area is 119 Å². The maximum Gasteiger partial charge on any atom is 0.148 e. The molecule has 0 amide bonds. The molecule has 1 fully saturated rings. The molecule has 1 aliphatic rings. The van der Waals surface area contributed by atoms with Crippen LogP contribution in [0, 0.1) is 12.3 Å². The van der Waals surface area contributed by atoms with Crippen molar-refractivity contribution in [1.82, 2.24) is 5.32 Å².